The van der Waals surface area contributed by atoms with Crippen molar-refractivity contribution in [2.75, 3.05) is 32.1 Å². The van der Waals surface area contributed by atoms with E-state index in [0.717, 1.165) is 5.56 Å². The van der Waals surface area contributed by atoms with Crippen LogP contribution in [-0.4, -0.2) is 55.6 Å². The number of amides is 4. The van der Waals surface area contributed by atoms with Crippen molar-refractivity contribution < 1.29 is 23.9 Å². The molecule has 4 amide bonds. The van der Waals surface area contributed by atoms with Crippen LogP contribution in [0.1, 0.15) is 26.3 Å². The van der Waals surface area contributed by atoms with Gasteiger partial charge < -0.3 is 20.1 Å². The van der Waals surface area contributed by atoms with E-state index in [1.165, 1.54) is 0 Å². The highest BCUT2D eigenvalue weighted by atomic mass is 16.5. The van der Waals surface area contributed by atoms with Crippen LogP contribution < -0.4 is 25.4 Å². The fourth-order valence-corrected chi connectivity index (χ4v) is 2.93. The molecular weight excluding hydrogens is 424 g/mol. The average molecular weight is 457 g/mol. The lowest BCUT2D eigenvalue weighted by atomic mass is 10.2. The van der Waals surface area contributed by atoms with Crippen molar-refractivity contribution >= 4 is 23.5 Å². The highest BCUT2D eigenvalue weighted by Crippen LogP contribution is 2.30. The number of hydrogen-bond acceptors (Lipinski definition) is 6. The molecule has 1 unspecified atom stereocenters. The highest BCUT2D eigenvalue weighted by Gasteiger charge is 2.22. The zero-order valence-electron chi connectivity index (χ0n) is 19.5. The summed E-state index contributed by atoms with van der Waals surface area (Å²) in [7, 11) is 1.63. The third-order valence-electron chi connectivity index (χ3n) is 4.79. The fraction of sp³-hybridized carbons (Fsp3) is 0.375. The Labute approximate surface area is 194 Å². The molecule has 9 nitrogen and oxygen atoms in total. The number of likely N-dealkylation sites (N-methyl/N-ethyl adjacent to an activating group) is 1. The molecule has 0 saturated heterocycles. The number of imide groups is 1. The van der Waals surface area contributed by atoms with Crippen LogP contribution in [0.4, 0.5) is 10.5 Å². The van der Waals surface area contributed by atoms with Crippen LogP contribution in [0.5, 0.6) is 11.5 Å². The first kappa shape index (κ1) is 25.7. The van der Waals surface area contributed by atoms with E-state index in [9.17, 15) is 14.4 Å². The Morgan fingerprint density at radius 1 is 0.970 bits per heavy atom. The van der Waals surface area contributed by atoms with Gasteiger partial charge in [-0.1, -0.05) is 30.3 Å². The van der Waals surface area contributed by atoms with Crippen LogP contribution in [0.2, 0.25) is 0 Å². The van der Waals surface area contributed by atoms with Crippen LogP contribution in [0, 0.1) is 0 Å². The van der Waals surface area contributed by atoms with Gasteiger partial charge in [-0.2, -0.15) is 0 Å². The van der Waals surface area contributed by atoms with Gasteiger partial charge in [0.05, 0.1) is 25.8 Å². The Balaban J connectivity index is 1.84. The molecule has 0 aliphatic carbocycles. The normalized spacial score (nSPS) is 11.4. The third-order valence-corrected chi connectivity index (χ3v) is 4.79. The first-order valence-corrected chi connectivity index (χ1v) is 10.9. The lowest BCUT2D eigenvalue weighted by Crippen LogP contribution is -2.49. The molecule has 0 fully saturated rings. The summed E-state index contributed by atoms with van der Waals surface area (Å²) in [5.74, 6) is 0.331. The topological polar surface area (TPSA) is 109 Å². The van der Waals surface area contributed by atoms with Crippen molar-refractivity contribution in [1.82, 2.24) is 15.5 Å². The van der Waals surface area contributed by atoms with Crippen molar-refractivity contribution in [2.24, 2.45) is 0 Å². The fourth-order valence-electron chi connectivity index (χ4n) is 2.93. The van der Waals surface area contributed by atoms with Gasteiger partial charge in [0.2, 0.25) is 11.8 Å². The minimum absolute atomic E-state index is 0.0442. The number of carbonyl (C=O) groups excluding carboxylic acids is 3. The average Bonchev–Trinajstić information content (AvgIpc) is 2.79. The van der Waals surface area contributed by atoms with Crippen LogP contribution >= 0.6 is 0 Å². The molecule has 2 rings (SSSR count). The zero-order valence-corrected chi connectivity index (χ0v) is 19.5. The Morgan fingerprint density at radius 2 is 1.64 bits per heavy atom. The number of anilines is 1. The third kappa shape index (κ3) is 8.46. The summed E-state index contributed by atoms with van der Waals surface area (Å²) in [5, 5.41) is 7.72. The van der Waals surface area contributed by atoms with Crippen LogP contribution in [-0.2, 0) is 16.1 Å². The van der Waals surface area contributed by atoms with Crippen molar-refractivity contribution in [3.05, 3.63) is 54.1 Å². The summed E-state index contributed by atoms with van der Waals surface area (Å²) in [6.07, 6.45) is 0. The molecule has 1 atom stereocenters. The molecule has 2 aromatic rings. The molecule has 0 aromatic heterocycles. The van der Waals surface area contributed by atoms with Crippen LogP contribution in [0.3, 0.4) is 0 Å². The van der Waals surface area contributed by atoms with Gasteiger partial charge >= 0.3 is 6.03 Å². The highest BCUT2D eigenvalue weighted by molar-refractivity contribution is 5.97. The van der Waals surface area contributed by atoms with Crippen molar-refractivity contribution in [2.45, 2.75) is 33.4 Å². The maximum atomic E-state index is 12.5. The van der Waals surface area contributed by atoms with E-state index < -0.39 is 18.0 Å². The zero-order chi connectivity index (χ0) is 24.2. The molecule has 0 heterocycles. The molecular formula is C24H32N4O5. The molecule has 0 radical (unpaired) electrons. The first-order valence-electron chi connectivity index (χ1n) is 10.9. The second kappa shape index (κ2) is 13.1. The molecule has 3 N–H and O–H groups in total. The van der Waals surface area contributed by atoms with Crippen LogP contribution in [0.15, 0.2) is 48.5 Å². The van der Waals surface area contributed by atoms with E-state index in [1.807, 2.05) is 44.2 Å². The monoisotopic (exact) mass is 456 g/mol. The summed E-state index contributed by atoms with van der Waals surface area (Å²) < 4.78 is 11.1. The van der Waals surface area contributed by atoms with Gasteiger partial charge in [-0.25, -0.2) is 4.79 Å². The minimum atomic E-state index is -0.697. The van der Waals surface area contributed by atoms with Gasteiger partial charge in [-0.15, -0.1) is 0 Å². The number of nitrogens with one attached hydrogen (secondary N) is 3. The Hall–Kier alpha value is -3.59. The number of urea groups is 1. The van der Waals surface area contributed by atoms with Gasteiger partial charge in [0, 0.05) is 18.3 Å². The largest absolute Gasteiger partial charge is 0.490 e. The lowest BCUT2D eigenvalue weighted by Gasteiger charge is -2.23. The van der Waals surface area contributed by atoms with E-state index in [2.05, 4.69) is 16.0 Å². The van der Waals surface area contributed by atoms with Gasteiger partial charge in [-0.3, -0.25) is 19.8 Å². The minimum Gasteiger partial charge on any atom is -0.490 e. The maximum Gasteiger partial charge on any atom is 0.321 e. The smallest absolute Gasteiger partial charge is 0.321 e. The molecule has 0 spiro atoms. The SMILES string of the molecule is CCOc1ccc(NC(=O)CN(C)C(C)C(=O)NC(=O)NCc2ccccc2)cc1OCC. The van der Waals surface area contributed by atoms with Gasteiger partial charge in [0.15, 0.2) is 11.5 Å². The second-order valence-corrected chi connectivity index (χ2v) is 7.32. The second-order valence-electron chi connectivity index (χ2n) is 7.32. The maximum absolute atomic E-state index is 12.5. The number of hydrogen-bond donors (Lipinski definition) is 3. The van der Waals surface area contributed by atoms with Gasteiger partial charge in [0.1, 0.15) is 0 Å². The standard InChI is InChI=1S/C24H32N4O5/c1-5-32-20-13-12-19(14-21(20)33-6-2)26-22(29)16-28(4)17(3)23(30)27-24(31)25-15-18-10-8-7-9-11-18/h7-14,17H,5-6,15-16H2,1-4H3,(H,26,29)(H2,25,27,30,31). The van der Waals surface area contributed by atoms with E-state index >= 15 is 0 Å². The van der Waals surface area contributed by atoms with E-state index in [-0.39, 0.29) is 12.5 Å². The summed E-state index contributed by atoms with van der Waals surface area (Å²) in [6.45, 7) is 6.59. The number of rotatable bonds is 11. The Morgan fingerprint density at radius 3 is 2.30 bits per heavy atom. The van der Waals surface area contributed by atoms with Gasteiger partial charge in [0.25, 0.3) is 0 Å². The summed E-state index contributed by atoms with van der Waals surface area (Å²) in [4.78, 5) is 38.4. The quantitative estimate of drug-likeness (QED) is 0.480. The van der Waals surface area contributed by atoms with Crippen molar-refractivity contribution in [3.63, 3.8) is 0 Å². The lowest BCUT2D eigenvalue weighted by molar-refractivity contribution is -0.125. The molecule has 0 bridgehead atoms. The molecule has 2 aromatic carbocycles. The first-order chi connectivity index (χ1) is 15.8. The summed E-state index contributed by atoms with van der Waals surface area (Å²) >= 11 is 0. The molecule has 9 heteroatoms. The Bertz CT molecular complexity index is 936. The predicted molar refractivity (Wildman–Crippen MR) is 126 cm³/mol. The molecule has 0 aliphatic heterocycles. The van der Waals surface area contributed by atoms with E-state index in [1.54, 1.807) is 37.1 Å². The number of carbonyl (C=O) groups is 3. The molecule has 178 valence electrons. The molecule has 0 aliphatic rings. The van der Waals surface area contributed by atoms with Gasteiger partial charge in [-0.05, 0) is 45.5 Å². The van der Waals surface area contributed by atoms with E-state index in [0.29, 0.717) is 36.9 Å². The molecule has 33 heavy (non-hydrogen) atoms. The van der Waals surface area contributed by atoms with Crippen molar-refractivity contribution in [3.8, 4) is 11.5 Å². The number of benzene rings is 2. The predicted octanol–water partition coefficient (Wildman–Crippen LogP) is 2.77. The number of nitrogens with zero attached hydrogens (tertiary/aromatic N) is 1. The van der Waals surface area contributed by atoms with Crippen LogP contribution in [0.25, 0.3) is 0 Å². The molecule has 0 saturated carbocycles. The van der Waals surface area contributed by atoms with E-state index in [4.69, 9.17) is 9.47 Å². The Kier molecular flexibility index (Phi) is 10.2. The summed E-state index contributed by atoms with van der Waals surface area (Å²) in [5.41, 5.74) is 1.47. The number of ether oxygens (including phenoxy) is 2. The summed E-state index contributed by atoms with van der Waals surface area (Å²) in [6, 6.07) is 13.2. The van der Waals surface area contributed by atoms with Crippen molar-refractivity contribution in [1.29, 1.82) is 0 Å².